The van der Waals surface area contributed by atoms with Gasteiger partial charge in [-0.2, -0.15) is 0 Å². The van der Waals surface area contributed by atoms with Crippen LogP contribution in [-0.4, -0.2) is 24.6 Å². The number of fused-ring (bicyclic) bond motifs is 1. The Bertz CT molecular complexity index is 1240. The molecule has 0 fully saturated rings. The first-order valence-corrected chi connectivity index (χ1v) is 10.8. The predicted octanol–water partition coefficient (Wildman–Crippen LogP) is 5.15. The van der Waals surface area contributed by atoms with Crippen molar-refractivity contribution in [2.75, 3.05) is 13.7 Å². The molecule has 1 amide bonds. The first-order chi connectivity index (χ1) is 16.2. The number of hydrogen-bond donors (Lipinski definition) is 1. The lowest BCUT2D eigenvalue weighted by molar-refractivity contribution is 0.0952. The molecule has 4 rings (SSSR count). The number of aromatic nitrogens is 1. The number of nitrogens with zero attached hydrogens (tertiary/aromatic N) is 1. The zero-order valence-electron chi connectivity index (χ0n) is 18.7. The van der Waals surface area contributed by atoms with Gasteiger partial charge in [0.05, 0.1) is 24.8 Å². The van der Waals surface area contributed by atoms with E-state index >= 15 is 0 Å². The van der Waals surface area contributed by atoms with Crippen molar-refractivity contribution in [3.63, 3.8) is 0 Å². The Morgan fingerprint density at radius 3 is 2.45 bits per heavy atom. The van der Waals surface area contributed by atoms with Crippen LogP contribution >= 0.6 is 0 Å². The van der Waals surface area contributed by atoms with E-state index in [1.165, 1.54) is 0 Å². The summed E-state index contributed by atoms with van der Waals surface area (Å²) in [7, 11) is 1.60. The Morgan fingerprint density at radius 2 is 1.67 bits per heavy atom. The SMILES string of the molecule is CCOc1ccc(CNC(=O)c2cc(OCc3ccccc3)nc3ccccc23)cc1OC. The van der Waals surface area contributed by atoms with Crippen LogP contribution < -0.4 is 19.5 Å². The highest BCUT2D eigenvalue weighted by Gasteiger charge is 2.14. The van der Waals surface area contributed by atoms with Crippen molar-refractivity contribution in [3.8, 4) is 17.4 Å². The van der Waals surface area contributed by atoms with Crippen molar-refractivity contribution < 1.29 is 19.0 Å². The summed E-state index contributed by atoms with van der Waals surface area (Å²) in [6.07, 6.45) is 0. The number of hydrogen-bond acceptors (Lipinski definition) is 5. The van der Waals surface area contributed by atoms with Crippen molar-refractivity contribution >= 4 is 16.8 Å². The maximum absolute atomic E-state index is 13.1. The molecule has 0 aliphatic heterocycles. The summed E-state index contributed by atoms with van der Waals surface area (Å²) in [4.78, 5) is 17.7. The predicted molar refractivity (Wildman–Crippen MR) is 128 cm³/mol. The zero-order valence-corrected chi connectivity index (χ0v) is 18.7. The summed E-state index contributed by atoms with van der Waals surface area (Å²) < 4.78 is 16.9. The standard InChI is InChI=1S/C27H26N2O4/c1-3-32-24-14-13-20(15-25(24)31-2)17-28-27(30)22-16-26(29-23-12-8-7-11-21(22)23)33-18-19-9-5-4-6-10-19/h4-16H,3,17-18H2,1-2H3,(H,28,30). The summed E-state index contributed by atoms with van der Waals surface area (Å²) in [6, 6.07) is 24.7. The third-order valence-electron chi connectivity index (χ3n) is 5.15. The Kier molecular flexibility index (Phi) is 7.05. The molecule has 0 aliphatic carbocycles. The van der Waals surface area contributed by atoms with Crippen LogP contribution in [0.3, 0.4) is 0 Å². The lowest BCUT2D eigenvalue weighted by atomic mass is 10.1. The molecule has 0 atom stereocenters. The molecule has 0 saturated heterocycles. The average Bonchev–Trinajstić information content (AvgIpc) is 2.87. The highest BCUT2D eigenvalue weighted by molar-refractivity contribution is 6.06. The van der Waals surface area contributed by atoms with Crippen molar-refractivity contribution in [2.24, 2.45) is 0 Å². The second kappa shape index (κ2) is 10.5. The van der Waals surface area contributed by atoms with Crippen LogP contribution in [0.4, 0.5) is 0 Å². The van der Waals surface area contributed by atoms with Gasteiger partial charge in [0.25, 0.3) is 5.91 Å². The monoisotopic (exact) mass is 442 g/mol. The molecule has 1 heterocycles. The topological polar surface area (TPSA) is 69.7 Å². The van der Waals surface area contributed by atoms with Gasteiger partial charge in [-0.3, -0.25) is 4.79 Å². The third-order valence-corrected chi connectivity index (χ3v) is 5.15. The van der Waals surface area contributed by atoms with Gasteiger partial charge in [-0.1, -0.05) is 54.6 Å². The van der Waals surface area contributed by atoms with Gasteiger partial charge < -0.3 is 19.5 Å². The van der Waals surface area contributed by atoms with Crippen LogP contribution in [0.5, 0.6) is 17.4 Å². The summed E-state index contributed by atoms with van der Waals surface area (Å²) >= 11 is 0. The number of methoxy groups -OCH3 is 1. The molecule has 0 radical (unpaired) electrons. The number of para-hydroxylation sites is 1. The van der Waals surface area contributed by atoms with Crippen LogP contribution in [0.1, 0.15) is 28.4 Å². The molecule has 6 heteroatoms. The van der Waals surface area contributed by atoms with E-state index in [0.717, 1.165) is 16.5 Å². The fraction of sp³-hybridized carbons (Fsp3) is 0.185. The lowest BCUT2D eigenvalue weighted by Crippen LogP contribution is -2.23. The molecule has 4 aromatic rings. The van der Waals surface area contributed by atoms with E-state index in [9.17, 15) is 4.79 Å². The van der Waals surface area contributed by atoms with Gasteiger partial charge >= 0.3 is 0 Å². The lowest BCUT2D eigenvalue weighted by Gasteiger charge is -2.13. The van der Waals surface area contributed by atoms with E-state index in [-0.39, 0.29) is 5.91 Å². The van der Waals surface area contributed by atoms with Crippen LogP contribution in [0.2, 0.25) is 0 Å². The van der Waals surface area contributed by atoms with Gasteiger partial charge in [-0.25, -0.2) is 4.98 Å². The fourth-order valence-corrected chi connectivity index (χ4v) is 3.52. The quantitative estimate of drug-likeness (QED) is 0.388. The van der Waals surface area contributed by atoms with E-state index < -0.39 is 0 Å². The highest BCUT2D eigenvalue weighted by atomic mass is 16.5. The van der Waals surface area contributed by atoms with Crippen molar-refractivity contribution in [1.82, 2.24) is 10.3 Å². The van der Waals surface area contributed by atoms with Gasteiger partial charge in [-0.15, -0.1) is 0 Å². The van der Waals surface area contributed by atoms with E-state index in [2.05, 4.69) is 10.3 Å². The Labute approximate surface area is 193 Å². The number of nitrogens with one attached hydrogen (secondary N) is 1. The molecular formula is C27H26N2O4. The minimum atomic E-state index is -0.203. The summed E-state index contributed by atoms with van der Waals surface area (Å²) in [5, 5.41) is 3.76. The van der Waals surface area contributed by atoms with Gasteiger partial charge in [0.2, 0.25) is 5.88 Å². The first-order valence-electron chi connectivity index (χ1n) is 10.8. The summed E-state index contributed by atoms with van der Waals surface area (Å²) in [5.74, 6) is 1.52. The maximum Gasteiger partial charge on any atom is 0.252 e. The number of pyridine rings is 1. The Balaban J connectivity index is 1.53. The van der Waals surface area contributed by atoms with Crippen molar-refractivity contribution in [2.45, 2.75) is 20.1 Å². The van der Waals surface area contributed by atoms with Gasteiger partial charge in [0.1, 0.15) is 6.61 Å². The molecule has 1 N–H and O–H groups in total. The van der Waals surface area contributed by atoms with Crippen molar-refractivity contribution in [3.05, 3.63) is 95.6 Å². The van der Waals surface area contributed by atoms with E-state index in [1.54, 1.807) is 13.2 Å². The van der Waals surface area contributed by atoms with E-state index in [0.29, 0.717) is 48.2 Å². The number of ether oxygens (including phenoxy) is 3. The maximum atomic E-state index is 13.1. The van der Waals surface area contributed by atoms with Gasteiger partial charge in [0, 0.05) is 18.0 Å². The zero-order chi connectivity index (χ0) is 23.0. The van der Waals surface area contributed by atoms with Crippen LogP contribution in [0, 0.1) is 0 Å². The van der Waals surface area contributed by atoms with Gasteiger partial charge in [-0.05, 0) is 36.2 Å². The molecule has 6 nitrogen and oxygen atoms in total. The van der Waals surface area contributed by atoms with Crippen LogP contribution in [0.25, 0.3) is 10.9 Å². The van der Waals surface area contributed by atoms with E-state index in [1.807, 2.05) is 79.7 Å². The van der Waals surface area contributed by atoms with E-state index in [4.69, 9.17) is 14.2 Å². The number of carbonyl (C=O) groups excluding carboxylic acids is 1. The highest BCUT2D eigenvalue weighted by Crippen LogP contribution is 2.28. The fourth-order valence-electron chi connectivity index (χ4n) is 3.52. The molecule has 1 aromatic heterocycles. The summed E-state index contributed by atoms with van der Waals surface area (Å²) in [6.45, 7) is 3.19. The van der Waals surface area contributed by atoms with Crippen molar-refractivity contribution in [1.29, 1.82) is 0 Å². The average molecular weight is 443 g/mol. The second-order valence-corrected chi connectivity index (χ2v) is 7.40. The molecule has 0 bridgehead atoms. The molecule has 33 heavy (non-hydrogen) atoms. The largest absolute Gasteiger partial charge is 0.493 e. The third kappa shape index (κ3) is 5.41. The Hall–Kier alpha value is -4.06. The molecule has 3 aromatic carbocycles. The number of rotatable bonds is 9. The smallest absolute Gasteiger partial charge is 0.252 e. The van der Waals surface area contributed by atoms with Crippen LogP contribution in [0.15, 0.2) is 78.9 Å². The molecule has 0 saturated carbocycles. The second-order valence-electron chi connectivity index (χ2n) is 7.40. The molecule has 0 spiro atoms. The molecular weight excluding hydrogens is 416 g/mol. The minimum Gasteiger partial charge on any atom is -0.493 e. The van der Waals surface area contributed by atoms with Crippen LogP contribution in [-0.2, 0) is 13.2 Å². The minimum absolute atomic E-state index is 0.203. The Morgan fingerprint density at radius 1 is 0.879 bits per heavy atom. The van der Waals surface area contributed by atoms with Gasteiger partial charge in [0.15, 0.2) is 11.5 Å². The summed E-state index contributed by atoms with van der Waals surface area (Å²) in [5.41, 5.74) is 3.16. The number of benzene rings is 3. The molecule has 168 valence electrons. The molecule has 0 aliphatic rings. The normalized spacial score (nSPS) is 10.6. The number of carbonyl (C=O) groups is 1. The molecule has 0 unspecified atom stereocenters. The number of amides is 1. The first kappa shape index (κ1) is 22.1.